The van der Waals surface area contributed by atoms with E-state index in [4.69, 9.17) is 0 Å². The van der Waals surface area contributed by atoms with Crippen LogP contribution >= 0.6 is 15.9 Å². The lowest BCUT2D eigenvalue weighted by molar-refractivity contribution is -0.139. The predicted molar refractivity (Wildman–Crippen MR) is 73.1 cm³/mol. The van der Waals surface area contributed by atoms with Gasteiger partial charge in [0.25, 0.3) is 0 Å². The van der Waals surface area contributed by atoms with Crippen LogP contribution in [0.15, 0.2) is 35.1 Å². The zero-order chi connectivity index (χ0) is 13.3. The van der Waals surface area contributed by atoms with Gasteiger partial charge in [-0.2, -0.15) is 0 Å². The fourth-order valence-corrected chi connectivity index (χ4v) is 2.30. The first-order chi connectivity index (χ1) is 8.49. The molecule has 1 aromatic heterocycles. The summed E-state index contributed by atoms with van der Waals surface area (Å²) in [5, 5.41) is 10.2. The van der Waals surface area contributed by atoms with Gasteiger partial charge < -0.3 is 10.1 Å². The summed E-state index contributed by atoms with van der Waals surface area (Å²) in [6, 6.07) is 8.44. The van der Waals surface area contributed by atoms with E-state index in [9.17, 15) is 14.7 Å². The van der Waals surface area contributed by atoms with Crippen molar-refractivity contribution in [3.63, 3.8) is 0 Å². The minimum absolute atomic E-state index is 0.244. The van der Waals surface area contributed by atoms with Crippen molar-refractivity contribution in [2.45, 2.75) is 17.7 Å². The van der Waals surface area contributed by atoms with Gasteiger partial charge in [0.2, 0.25) is 5.56 Å². The van der Waals surface area contributed by atoms with E-state index in [2.05, 4.69) is 20.9 Å². The highest BCUT2D eigenvalue weighted by atomic mass is 79.9. The number of pyridine rings is 1. The monoisotopic (exact) mass is 309 g/mol. The van der Waals surface area contributed by atoms with Crippen molar-refractivity contribution >= 4 is 32.8 Å². The normalized spacial score (nSPS) is 14.3. The van der Waals surface area contributed by atoms with Crippen LogP contribution < -0.4 is 5.56 Å². The molecule has 0 saturated heterocycles. The van der Waals surface area contributed by atoms with E-state index in [0.29, 0.717) is 17.5 Å². The van der Waals surface area contributed by atoms with Crippen molar-refractivity contribution < 1.29 is 9.90 Å². The molecule has 0 spiro atoms. The molecular weight excluding hydrogens is 298 g/mol. The molecule has 2 aromatic rings. The first kappa shape index (κ1) is 12.8. The van der Waals surface area contributed by atoms with Crippen LogP contribution in [0.3, 0.4) is 0 Å². The maximum absolute atomic E-state index is 11.4. The minimum Gasteiger partial charge on any atom is -0.480 e. The van der Waals surface area contributed by atoms with Crippen LogP contribution in [-0.4, -0.2) is 16.1 Å². The number of carboxylic acid groups (broad SMARTS) is 1. The summed E-state index contributed by atoms with van der Waals surface area (Å²) in [7, 11) is 0. The molecule has 2 N–H and O–H groups in total. The molecule has 4 nitrogen and oxygen atoms in total. The summed E-state index contributed by atoms with van der Waals surface area (Å²) < 4.78 is -1.18. The third-order valence-corrected chi connectivity index (χ3v) is 4.34. The number of nitrogens with one attached hydrogen (secondary N) is 1. The van der Waals surface area contributed by atoms with Crippen LogP contribution in [0.5, 0.6) is 0 Å². The number of aromatic nitrogens is 1. The Bertz CT molecular complexity index is 665. The fourth-order valence-electron chi connectivity index (χ4n) is 1.97. The Morgan fingerprint density at radius 3 is 2.72 bits per heavy atom. The van der Waals surface area contributed by atoms with E-state index < -0.39 is 10.3 Å². The van der Waals surface area contributed by atoms with Crippen LogP contribution in [0.4, 0.5) is 0 Å². The van der Waals surface area contributed by atoms with Crippen molar-refractivity contribution in [2.75, 3.05) is 0 Å². The van der Waals surface area contributed by atoms with E-state index in [1.54, 1.807) is 25.1 Å². The summed E-state index contributed by atoms with van der Waals surface area (Å²) in [5.41, 5.74) is 0.880. The zero-order valence-corrected chi connectivity index (χ0v) is 11.3. The Morgan fingerprint density at radius 1 is 1.39 bits per heavy atom. The Labute approximate surface area is 112 Å². The minimum atomic E-state index is -1.18. The predicted octanol–water partition coefficient (Wildman–Crippen LogP) is 2.61. The number of H-pyrrole nitrogens is 1. The van der Waals surface area contributed by atoms with E-state index in [-0.39, 0.29) is 5.56 Å². The first-order valence-corrected chi connectivity index (χ1v) is 6.33. The van der Waals surface area contributed by atoms with Gasteiger partial charge in [-0.25, -0.2) is 0 Å². The second-order valence-corrected chi connectivity index (χ2v) is 5.41. The van der Waals surface area contributed by atoms with Crippen LogP contribution in [-0.2, 0) is 9.12 Å². The molecule has 0 aliphatic rings. The topological polar surface area (TPSA) is 70.2 Å². The van der Waals surface area contributed by atoms with Gasteiger partial charge in [0, 0.05) is 11.6 Å². The van der Waals surface area contributed by atoms with Gasteiger partial charge in [0.1, 0.15) is 4.32 Å². The number of alkyl halides is 1. The molecule has 1 heterocycles. The summed E-state index contributed by atoms with van der Waals surface area (Å²) in [4.78, 5) is 25.5. The average molecular weight is 310 g/mol. The second kappa shape index (κ2) is 4.57. The average Bonchev–Trinajstić information content (AvgIpc) is 2.36. The van der Waals surface area contributed by atoms with Gasteiger partial charge >= 0.3 is 5.97 Å². The number of aliphatic carboxylic acids is 1. The molecule has 0 saturated carbocycles. The number of hydrogen-bond donors (Lipinski definition) is 2. The Kier molecular flexibility index (Phi) is 3.26. The molecule has 5 heteroatoms. The Hall–Kier alpha value is -1.62. The maximum Gasteiger partial charge on any atom is 0.325 e. The largest absolute Gasteiger partial charge is 0.480 e. The van der Waals surface area contributed by atoms with Crippen LogP contribution in [0.2, 0.25) is 0 Å². The quantitative estimate of drug-likeness (QED) is 0.856. The van der Waals surface area contributed by atoms with Crippen molar-refractivity contribution in [3.05, 3.63) is 46.2 Å². The molecule has 1 aromatic carbocycles. The summed E-state index contributed by atoms with van der Waals surface area (Å²) in [6.07, 6.45) is 0.373. The van der Waals surface area contributed by atoms with Gasteiger partial charge in [-0.3, -0.25) is 9.59 Å². The second-order valence-electron chi connectivity index (χ2n) is 4.05. The molecule has 0 fully saturated rings. The number of benzene rings is 1. The first-order valence-electron chi connectivity index (χ1n) is 5.54. The number of para-hydroxylation sites is 1. The third kappa shape index (κ3) is 1.95. The zero-order valence-electron chi connectivity index (χ0n) is 9.74. The number of rotatable bonds is 3. The van der Waals surface area contributed by atoms with Crippen molar-refractivity contribution in [3.8, 4) is 0 Å². The highest BCUT2D eigenvalue weighted by Crippen LogP contribution is 2.38. The summed E-state index contributed by atoms with van der Waals surface area (Å²) in [6.45, 7) is 1.78. The number of halogens is 1. The van der Waals surface area contributed by atoms with Crippen LogP contribution in [0.1, 0.15) is 18.9 Å². The highest BCUT2D eigenvalue weighted by Gasteiger charge is 2.37. The molecular formula is C13H12BrNO3. The molecule has 94 valence electrons. The van der Waals surface area contributed by atoms with E-state index in [1.807, 2.05) is 6.07 Å². The molecule has 1 atom stereocenters. The van der Waals surface area contributed by atoms with Gasteiger partial charge in [0.15, 0.2) is 0 Å². The molecule has 0 aliphatic carbocycles. The standard InChI is InChI=1S/C13H12BrNO3/c1-2-13(14,12(17)18)9-5-3-4-8-6-7-10(16)15-11(8)9/h3-7H,2H2,1H3,(H,15,16)(H,17,18). The lowest BCUT2D eigenvalue weighted by Crippen LogP contribution is -2.29. The van der Waals surface area contributed by atoms with E-state index in [1.165, 1.54) is 6.07 Å². The smallest absolute Gasteiger partial charge is 0.325 e. The number of hydrogen-bond acceptors (Lipinski definition) is 2. The van der Waals surface area contributed by atoms with Crippen molar-refractivity contribution in [2.24, 2.45) is 0 Å². The molecule has 1 unspecified atom stereocenters. The number of carboxylic acids is 1. The number of aromatic amines is 1. The summed E-state index contributed by atoms with van der Waals surface area (Å²) >= 11 is 3.28. The van der Waals surface area contributed by atoms with Crippen LogP contribution in [0, 0.1) is 0 Å². The Morgan fingerprint density at radius 2 is 2.11 bits per heavy atom. The number of fused-ring (bicyclic) bond motifs is 1. The highest BCUT2D eigenvalue weighted by molar-refractivity contribution is 9.10. The van der Waals surface area contributed by atoms with Crippen molar-refractivity contribution in [1.29, 1.82) is 0 Å². The van der Waals surface area contributed by atoms with Crippen molar-refractivity contribution in [1.82, 2.24) is 4.98 Å². The van der Waals surface area contributed by atoms with Gasteiger partial charge in [-0.1, -0.05) is 41.1 Å². The lowest BCUT2D eigenvalue weighted by Gasteiger charge is -2.22. The third-order valence-electron chi connectivity index (χ3n) is 3.01. The maximum atomic E-state index is 11.4. The molecule has 0 radical (unpaired) electrons. The molecule has 0 amide bonds. The van der Waals surface area contributed by atoms with Gasteiger partial charge in [-0.15, -0.1) is 0 Å². The molecule has 0 bridgehead atoms. The molecule has 2 rings (SSSR count). The summed E-state index contributed by atoms with van der Waals surface area (Å²) in [5.74, 6) is -0.970. The molecule has 0 aliphatic heterocycles. The van der Waals surface area contributed by atoms with Crippen LogP contribution in [0.25, 0.3) is 10.9 Å². The Balaban J connectivity index is 2.82. The SMILES string of the molecule is CCC(Br)(C(=O)O)c1cccc2ccc(=O)[nH]c12. The lowest BCUT2D eigenvalue weighted by atomic mass is 9.94. The van der Waals surface area contributed by atoms with E-state index in [0.717, 1.165) is 5.39 Å². The number of carbonyl (C=O) groups is 1. The molecule has 18 heavy (non-hydrogen) atoms. The van der Waals surface area contributed by atoms with E-state index >= 15 is 0 Å². The fraction of sp³-hybridized carbons (Fsp3) is 0.231. The van der Waals surface area contributed by atoms with Gasteiger partial charge in [-0.05, 0) is 17.9 Å². The van der Waals surface area contributed by atoms with Gasteiger partial charge in [0.05, 0.1) is 5.52 Å².